The average Bonchev–Trinajstić information content (AvgIpc) is 2.70. The van der Waals surface area contributed by atoms with E-state index in [1.807, 2.05) is 45.0 Å². The molecular formula is C25H29NO. The number of nitrogens with zero attached hydrogens (tertiary/aromatic N) is 1. The quantitative estimate of drug-likeness (QED) is 0.571. The Morgan fingerprint density at radius 2 is 1.78 bits per heavy atom. The van der Waals surface area contributed by atoms with Crippen LogP contribution in [0.1, 0.15) is 43.0 Å². The Morgan fingerprint density at radius 3 is 2.41 bits per heavy atom. The van der Waals surface area contributed by atoms with Crippen LogP contribution in [0.25, 0.3) is 5.57 Å². The van der Waals surface area contributed by atoms with Crippen LogP contribution >= 0.6 is 0 Å². The van der Waals surface area contributed by atoms with Gasteiger partial charge in [-0.1, -0.05) is 56.5 Å². The van der Waals surface area contributed by atoms with Gasteiger partial charge in [0.1, 0.15) is 11.4 Å². The predicted octanol–water partition coefficient (Wildman–Crippen LogP) is 5.40. The standard InChI is InChI=1S/C23H23NO.C2H6/c1-6-23(24(5)7-2)18(4)21-10-8-9-19(15-21)12-13-20-16-22(25)14-11-17(20)3;1-2/h1-2,8-11,14-16,25H,12-13H2,3-5H3;1-2H3/b23-18+;. The van der Waals surface area contributed by atoms with Crippen LogP contribution in [0.5, 0.6) is 5.75 Å². The van der Waals surface area contributed by atoms with Gasteiger partial charge in [0.15, 0.2) is 0 Å². The average molecular weight is 360 g/mol. The van der Waals surface area contributed by atoms with E-state index in [0.717, 1.165) is 29.5 Å². The molecule has 0 atom stereocenters. The van der Waals surface area contributed by atoms with Crippen molar-refractivity contribution in [2.75, 3.05) is 7.05 Å². The maximum Gasteiger partial charge on any atom is 0.115 e. The molecule has 0 aliphatic rings. The van der Waals surface area contributed by atoms with Crippen molar-refractivity contribution in [3.8, 4) is 30.6 Å². The molecule has 0 amide bonds. The molecule has 0 aliphatic carbocycles. The molecule has 2 aromatic carbocycles. The molecule has 140 valence electrons. The van der Waals surface area contributed by atoms with Crippen LogP contribution in [0.15, 0.2) is 48.2 Å². The lowest BCUT2D eigenvalue weighted by Gasteiger charge is -2.15. The fourth-order valence-electron chi connectivity index (χ4n) is 2.82. The van der Waals surface area contributed by atoms with E-state index in [2.05, 4.69) is 31.0 Å². The number of phenols is 1. The summed E-state index contributed by atoms with van der Waals surface area (Å²) >= 11 is 0. The zero-order chi connectivity index (χ0) is 20.4. The van der Waals surface area contributed by atoms with Crippen molar-refractivity contribution in [2.24, 2.45) is 0 Å². The summed E-state index contributed by atoms with van der Waals surface area (Å²) in [5.41, 5.74) is 6.32. The van der Waals surface area contributed by atoms with Crippen molar-refractivity contribution in [3.05, 3.63) is 70.4 Å². The molecule has 0 aromatic heterocycles. The Bertz CT molecular complexity index is 878. The number of terminal acetylenes is 2. The first-order chi connectivity index (χ1) is 13.0. The van der Waals surface area contributed by atoms with Gasteiger partial charge in [-0.2, -0.15) is 0 Å². The SMILES string of the molecule is C#C/C(=C(/C)c1cccc(CCc2cc(O)ccc2C)c1)N(C)C#C.CC. The van der Waals surface area contributed by atoms with Crippen LogP contribution in [0.3, 0.4) is 0 Å². The van der Waals surface area contributed by atoms with Gasteiger partial charge in [0, 0.05) is 13.1 Å². The first kappa shape index (κ1) is 21.9. The monoisotopic (exact) mass is 359 g/mol. The lowest BCUT2D eigenvalue weighted by atomic mass is 9.97. The Hall–Kier alpha value is -3.10. The van der Waals surface area contributed by atoms with Crippen LogP contribution in [0, 0.1) is 31.7 Å². The number of allylic oxidation sites excluding steroid dienone is 2. The Labute approximate surface area is 164 Å². The van der Waals surface area contributed by atoms with Gasteiger partial charge in [0.05, 0.1) is 0 Å². The smallest absolute Gasteiger partial charge is 0.115 e. The second kappa shape index (κ2) is 10.8. The molecule has 2 rings (SSSR count). The highest BCUT2D eigenvalue weighted by Gasteiger charge is 2.08. The summed E-state index contributed by atoms with van der Waals surface area (Å²) < 4.78 is 0. The van der Waals surface area contributed by atoms with E-state index in [-0.39, 0.29) is 0 Å². The molecule has 2 aromatic rings. The van der Waals surface area contributed by atoms with Crippen molar-refractivity contribution < 1.29 is 5.11 Å². The largest absolute Gasteiger partial charge is 0.508 e. The molecule has 0 fully saturated rings. The summed E-state index contributed by atoms with van der Waals surface area (Å²) in [6, 6.07) is 16.4. The van der Waals surface area contributed by atoms with Crippen molar-refractivity contribution in [3.63, 3.8) is 0 Å². The van der Waals surface area contributed by atoms with Crippen LogP contribution < -0.4 is 0 Å². The number of aryl methyl sites for hydroxylation is 3. The molecule has 0 saturated carbocycles. The molecule has 0 bridgehead atoms. The predicted molar refractivity (Wildman–Crippen MR) is 116 cm³/mol. The van der Waals surface area contributed by atoms with Crippen molar-refractivity contribution in [2.45, 2.75) is 40.5 Å². The minimum absolute atomic E-state index is 0.309. The molecule has 0 aliphatic heterocycles. The molecule has 2 heteroatoms. The Morgan fingerprint density at radius 1 is 1.07 bits per heavy atom. The number of phenolic OH excluding ortho intramolecular Hbond substituents is 1. The number of hydrogen-bond donors (Lipinski definition) is 1. The van der Waals surface area contributed by atoms with E-state index < -0.39 is 0 Å². The zero-order valence-electron chi connectivity index (χ0n) is 17.0. The number of benzene rings is 2. The zero-order valence-corrected chi connectivity index (χ0v) is 17.0. The van der Waals surface area contributed by atoms with Crippen LogP contribution in [0.2, 0.25) is 0 Å². The highest BCUT2D eigenvalue weighted by molar-refractivity contribution is 5.70. The first-order valence-corrected chi connectivity index (χ1v) is 9.21. The number of aromatic hydroxyl groups is 1. The van der Waals surface area contributed by atoms with E-state index in [9.17, 15) is 5.11 Å². The lowest BCUT2D eigenvalue weighted by Crippen LogP contribution is -2.10. The normalized spacial score (nSPS) is 10.6. The summed E-state index contributed by atoms with van der Waals surface area (Å²) in [6.07, 6.45) is 12.8. The van der Waals surface area contributed by atoms with Gasteiger partial charge in [-0.15, -0.1) is 6.42 Å². The maximum absolute atomic E-state index is 9.67. The Kier molecular flexibility index (Phi) is 8.77. The van der Waals surface area contributed by atoms with Crippen molar-refractivity contribution in [1.82, 2.24) is 4.90 Å². The number of hydrogen-bond acceptors (Lipinski definition) is 2. The van der Waals surface area contributed by atoms with Gasteiger partial charge in [-0.05, 0) is 66.6 Å². The Balaban J connectivity index is 0.00000176. The van der Waals surface area contributed by atoms with E-state index in [1.165, 1.54) is 11.1 Å². The summed E-state index contributed by atoms with van der Waals surface area (Å²) in [5, 5.41) is 9.67. The van der Waals surface area contributed by atoms with E-state index >= 15 is 0 Å². The minimum atomic E-state index is 0.309. The molecule has 0 saturated heterocycles. The number of rotatable bonds is 5. The third-order valence-corrected chi connectivity index (χ3v) is 4.40. The molecular weight excluding hydrogens is 330 g/mol. The highest BCUT2D eigenvalue weighted by atomic mass is 16.3. The summed E-state index contributed by atoms with van der Waals surface area (Å²) in [7, 11) is 1.78. The van der Waals surface area contributed by atoms with Gasteiger partial charge in [-0.25, -0.2) is 0 Å². The third kappa shape index (κ3) is 5.98. The third-order valence-electron chi connectivity index (χ3n) is 4.40. The summed E-state index contributed by atoms with van der Waals surface area (Å²) in [4.78, 5) is 1.62. The van der Waals surface area contributed by atoms with Gasteiger partial charge in [0.25, 0.3) is 0 Å². The van der Waals surface area contributed by atoms with Crippen LogP contribution in [0.4, 0.5) is 0 Å². The molecule has 0 radical (unpaired) electrons. The van der Waals surface area contributed by atoms with Gasteiger partial charge in [-0.3, -0.25) is 4.90 Å². The van der Waals surface area contributed by atoms with Gasteiger partial charge < -0.3 is 5.11 Å². The molecule has 0 unspecified atom stereocenters. The topological polar surface area (TPSA) is 23.5 Å². The van der Waals surface area contributed by atoms with Crippen LogP contribution in [-0.4, -0.2) is 17.1 Å². The molecule has 0 heterocycles. The van der Waals surface area contributed by atoms with Gasteiger partial charge in [0.2, 0.25) is 0 Å². The van der Waals surface area contributed by atoms with Crippen molar-refractivity contribution >= 4 is 5.57 Å². The molecule has 2 nitrogen and oxygen atoms in total. The van der Waals surface area contributed by atoms with Crippen molar-refractivity contribution in [1.29, 1.82) is 0 Å². The summed E-state index contributed by atoms with van der Waals surface area (Å²) in [5.74, 6) is 2.99. The highest BCUT2D eigenvalue weighted by Crippen LogP contribution is 2.22. The fraction of sp³-hybridized carbons (Fsp3) is 0.280. The van der Waals surface area contributed by atoms with Crippen LogP contribution in [-0.2, 0) is 12.8 Å². The maximum atomic E-state index is 9.67. The molecule has 0 spiro atoms. The van der Waals surface area contributed by atoms with E-state index in [1.54, 1.807) is 18.0 Å². The lowest BCUT2D eigenvalue weighted by molar-refractivity contribution is 0.474. The summed E-state index contributed by atoms with van der Waals surface area (Å²) in [6.45, 7) is 8.05. The van der Waals surface area contributed by atoms with Gasteiger partial charge >= 0.3 is 0 Å². The first-order valence-electron chi connectivity index (χ1n) is 9.21. The fourth-order valence-corrected chi connectivity index (χ4v) is 2.82. The molecule has 1 N–H and O–H groups in total. The molecule has 27 heavy (non-hydrogen) atoms. The minimum Gasteiger partial charge on any atom is -0.508 e. The van der Waals surface area contributed by atoms with E-state index in [0.29, 0.717) is 11.4 Å². The second-order valence-corrected chi connectivity index (χ2v) is 6.12. The van der Waals surface area contributed by atoms with E-state index in [4.69, 9.17) is 12.8 Å². The second-order valence-electron chi connectivity index (χ2n) is 6.12.